The van der Waals surface area contributed by atoms with Crippen molar-refractivity contribution in [2.75, 3.05) is 25.5 Å². The summed E-state index contributed by atoms with van der Waals surface area (Å²) in [6.07, 6.45) is 1.42. The minimum absolute atomic E-state index is 0.0892. The second kappa shape index (κ2) is 7.16. The van der Waals surface area contributed by atoms with Gasteiger partial charge in [-0.15, -0.1) is 0 Å². The lowest BCUT2D eigenvalue weighted by Gasteiger charge is -2.28. The maximum absolute atomic E-state index is 11.7. The fourth-order valence-electron chi connectivity index (χ4n) is 1.58. The molecule has 0 aliphatic heterocycles. The van der Waals surface area contributed by atoms with Crippen LogP contribution in [0, 0.1) is 0 Å². The molecular weight excluding hydrogens is 218 g/mol. The number of hydrogen-bond donors (Lipinski definition) is 2. The van der Waals surface area contributed by atoms with Gasteiger partial charge >= 0.3 is 0 Å². The monoisotopic (exact) mass is 239 g/mol. The Bertz CT molecular complexity index is 249. The Balaban J connectivity index is 4.77. The van der Waals surface area contributed by atoms with E-state index in [1.807, 2.05) is 13.8 Å². The van der Waals surface area contributed by atoms with Crippen LogP contribution >= 0.6 is 0 Å². The van der Waals surface area contributed by atoms with E-state index in [0.717, 1.165) is 0 Å². The predicted octanol–water partition coefficient (Wildman–Crippen LogP) is -0.209. The third-order valence-electron chi connectivity index (χ3n) is 2.38. The summed E-state index contributed by atoms with van der Waals surface area (Å²) in [4.78, 5) is 0. The standard InChI is InChI=1S/C9H21NO4S/c1-3-9(4-2)10(5-6-11)15(13,14)8-7-12/h9,11-12H,3-8H2,1-2H3. The third kappa shape index (κ3) is 4.46. The molecule has 2 N–H and O–H groups in total. The van der Waals surface area contributed by atoms with Crippen molar-refractivity contribution in [2.24, 2.45) is 0 Å². The Kier molecular flexibility index (Phi) is 7.08. The van der Waals surface area contributed by atoms with Gasteiger partial charge in [0, 0.05) is 12.6 Å². The smallest absolute Gasteiger partial charge is 0.216 e. The van der Waals surface area contributed by atoms with Crippen LogP contribution in [0.1, 0.15) is 26.7 Å². The highest BCUT2D eigenvalue weighted by atomic mass is 32.2. The molecule has 6 heteroatoms. The zero-order valence-electron chi connectivity index (χ0n) is 9.39. The molecule has 15 heavy (non-hydrogen) atoms. The van der Waals surface area contributed by atoms with Crippen molar-refractivity contribution in [1.82, 2.24) is 4.31 Å². The summed E-state index contributed by atoms with van der Waals surface area (Å²) in [5.41, 5.74) is 0. The van der Waals surface area contributed by atoms with Crippen molar-refractivity contribution >= 4 is 10.0 Å². The first-order valence-electron chi connectivity index (χ1n) is 5.24. The maximum Gasteiger partial charge on any atom is 0.216 e. The van der Waals surface area contributed by atoms with Gasteiger partial charge in [-0.05, 0) is 12.8 Å². The van der Waals surface area contributed by atoms with Gasteiger partial charge in [0.2, 0.25) is 10.0 Å². The van der Waals surface area contributed by atoms with Crippen LogP contribution in [0.2, 0.25) is 0 Å². The highest BCUT2D eigenvalue weighted by molar-refractivity contribution is 7.89. The SMILES string of the molecule is CCC(CC)N(CCO)S(=O)(=O)CCO. The summed E-state index contributed by atoms with van der Waals surface area (Å²) < 4.78 is 24.8. The first kappa shape index (κ1) is 14.8. The fraction of sp³-hybridized carbons (Fsp3) is 1.00. The van der Waals surface area contributed by atoms with Gasteiger partial charge in [-0.1, -0.05) is 13.8 Å². The zero-order chi connectivity index (χ0) is 11.9. The summed E-state index contributed by atoms with van der Waals surface area (Å²) >= 11 is 0. The van der Waals surface area contributed by atoms with E-state index in [2.05, 4.69) is 0 Å². The van der Waals surface area contributed by atoms with Gasteiger partial charge in [-0.3, -0.25) is 0 Å². The van der Waals surface area contributed by atoms with Gasteiger partial charge in [-0.25, -0.2) is 8.42 Å². The van der Waals surface area contributed by atoms with Gasteiger partial charge in [0.25, 0.3) is 0 Å². The molecule has 0 spiro atoms. The quantitative estimate of drug-likeness (QED) is 0.614. The minimum atomic E-state index is -3.43. The van der Waals surface area contributed by atoms with E-state index in [9.17, 15) is 8.42 Å². The van der Waals surface area contributed by atoms with Crippen LogP contribution in [0.4, 0.5) is 0 Å². The van der Waals surface area contributed by atoms with E-state index in [1.165, 1.54) is 4.31 Å². The van der Waals surface area contributed by atoms with Crippen LogP contribution in [-0.4, -0.2) is 54.5 Å². The van der Waals surface area contributed by atoms with Crippen LogP contribution in [0.15, 0.2) is 0 Å². The maximum atomic E-state index is 11.7. The summed E-state index contributed by atoms with van der Waals surface area (Å²) in [7, 11) is -3.43. The van der Waals surface area contributed by atoms with Gasteiger partial charge < -0.3 is 10.2 Å². The molecular formula is C9H21NO4S. The highest BCUT2D eigenvalue weighted by Gasteiger charge is 2.26. The van der Waals surface area contributed by atoms with E-state index in [-0.39, 0.29) is 31.6 Å². The molecule has 5 nitrogen and oxygen atoms in total. The molecule has 0 saturated heterocycles. The summed E-state index contributed by atoms with van der Waals surface area (Å²) in [6.45, 7) is 3.35. The molecule has 0 radical (unpaired) electrons. The molecule has 0 bridgehead atoms. The van der Waals surface area contributed by atoms with Gasteiger partial charge in [0.1, 0.15) is 0 Å². The Morgan fingerprint density at radius 3 is 2.00 bits per heavy atom. The fourth-order valence-corrected chi connectivity index (χ4v) is 3.15. The van der Waals surface area contributed by atoms with E-state index in [4.69, 9.17) is 10.2 Å². The Morgan fingerprint density at radius 1 is 1.13 bits per heavy atom. The van der Waals surface area contributed by atoms with Crippen LogP contribution < -0.4 is 0 Å². The molecule has 0 atom stereocenters. The Labute approximate surface area is 91.8 Å². The normalized spacial score (nSPS) is 12.7. The lowest BCUT2D eigenvalue weighted by atomic mass is 10.2. The van der Waals surface area contributed by atoms with Crippen LogP contribution in [0.25, 0.3) is 0 Å². The Hall–Kier alpha value is -0.170. The molecule has 0 rings (SSSR count). The lowest BCUT2D eigenvalue weighted by molar-refractivity contribution is 0.218. The lowest BCUT2D eigenvalue weighted by Crippen LogP contribution is -2.43. The first-order chi connectivity index (χ1) is 7.03. The molecule has 0 fully saturated rings. The molecule has 0 aromatic rings. The summed E-state index contributed by atoms with van der Waals surface area (Å²) in [6, 6.07) is -0.0892. The van der Waals surface area contributed by atoms with E-state index >= 15 is 0 Å². The molecule has 0 heterocycles. The number of aliphatic hydroxyl groups is 2. The number of rotatable bonds is 8. The van der Waals surface area contributed by atoms with Crippen molar-refractivity contribution in [3.05, 3.63) is 0 Å². The molecule has 0 aromatic heterocycles. The zero-order valence-corrected chi connectivity index (χ0v) is 10.2. The molecule has 0 aliphatic rings. The van der Waals surface area contributed by atoms with Crippen molar-refractivity contribution in [3.8, 4) is 0 Å². The van der Waals surface area contributed by atoms with Crippen molar-refractivity contribution in [1.29, 1.82) is 0 Å². The highest BCUT2D eigenvalue weighted by Crippen LogP contribution is 2.13. The van der Waals surface area contributed by atoms with Gasteiger partial charge in [0.05, 0.1) is 19.0 Å². The molecule has 92 valence electrons. The molecule has 0 aromatic carbocycles. The third-order valence-corrected chi connectivity index (χ3v) is 4.27. The topological polar surface area (TPSA) is 77.8 Å². The average Bonchev–Trinajstić information content (AvgIpc) is 2.18. The van der Waals surface area contributed by atoms with E-state index in [0.29, 0.717) is 12.8 Å². The van der Waals surface area contributed by atoms with Crippen LogP contribution in [0.3, 0.4) is 0 Å². The van der Waals surface area contributed by atoms with Crippen molar-refractivity contribution in [2.45, 2.75) is 32.7 Å². The number of hydrogen-bond acceptors (Lipinski definition) is 4. The van der Waals surface area contributed by atoms with Crippen LogP contribution in [0.5, 0.6) is 0 Å². The largest absolute Gasteiger partial charge is 0.395 e. The number of nitrogens with zero attached hydrogens (tertiary/aromatic N) is 1. The van der Waals surface area contributed by atoms with Gasteiger partial charge in [-0.2, -0.15) is 4.31 Å². The molecule has 0 unspecified atom stereocenters. The summed E-state index contributed by atoms with van der Waals surface area (Å²) in [5, 5.41) is 17.5. The van der Waals surface area contributed by atoms with Crippen LogP contribution in [-0.2, 0) is 10.0 Å². The number of aliphatic hydroxyl groups excluding tert-OH is 2. The average molecular weight is 239 g/mol. The Morgan fingerprint density at radius 2 is 1.67 bits per heavy atom. The minimum Gasteiger partial charge on any atom is -0.395 e. The first-order valence-corrected chi connectivity index (χ1v) is 6.85. The predicted molar refractivity (Wildman–Crippen MR) is 59.0 cm³/mol. The molecule has 0 aliphatic carbocycles. The van der Waals surface area contributed by atoms with E-state index in [1.54, 1.807) is 0 Å². The summed E-state index contributed by atoms with van der Waals surface area (Å²) in [5.74, 6) is -0.274. The van der Waals surface area contributed by atoms with Crippen molar-refractivity contribution < 1.29 is 18.6 Å². The second-order valence-electron chi connectivity index (χ2n) is 3.34. The van der Waals surface area contributed by atoms with E-state index < -0.39 is 10.0 Å². The second-order valence-corrected chi connectivity index (χ2v) is 5.39. The molecule has 0 saturated carbocycles. The van der Waals surface area contributed by atoms with Gasteiger partial charge in [0.15, 0.2) is 0 Å². The molecule has 0 amide bonds. The van der Waals surface area contributed by atoms with Crippen molar-refractivity contribution in [3.63, 3.8) is 0 Å². The number of sulfonamides is 1.